The summed E-state index contributed by atoms with van der Waals surface area (Å²) in [5, 5.41) is 9.92. The van der Waals surface area contributed by atoms with Gasteiger partial charge in [-0.1, -0.05) is 12.1 Å². The van der Waals surface area contributed by atoms with Crippen molar-refractivity contribution in [3.8, 4) is 5.75 Å². The molecule has 0 saturated heterocycles. The summed E-state index contributed by atoms with van der Waals surface area (Å²) in [6.45, 7) is 2.42. The largest absolute Gasteiger partial charge is 0.495 e. The predicted molar refractivity (Wildman–Crippen MR) is 95.8 cm³/mol. The lowest BCUT2D eigenvalue weighted by Crippen LogP contribution is -2.42. The highest BCUT2D eigenvalue weighted by molar-refractivity contribution is 7.09. The van der Waals surface area contributed by atoms with Gasteiger partial charge in [-0.25, -0.2) is 4.79 Å². The van der Waals surface area contributed by atoms with E-state index in [0.29, 0.717) is 18.0 Å². The zero-order valence-corrected chi connectivity index (χ0v) is 14.5. The van der Waals surface area contributed by atoms with Gasteiger partial charge in [-0.2, -0.15) is 0 Å². The van der Waals surface area contributed by atoms with Gasteiger partial charge in [0.25, 0.3) is 0 Å². The SMILES string of the molecule is COc1ccc(C)cc1NCC(=O)NC(=O)NCCc1cccs1. The summed E-state index contributed by atoms with van der Waals surface area (Å²) < 4.78 is 5.23. The highest BCUT2D eigenvalue weighted by atomic mass is 32.1. The summed E-state index contributed by atoms with van der Waals surface area (Å²) >= 11 is 1.64. The zero-order chi connectivity index (χ0) is 17.4. The molecule has 128 valence electrons. The maximum Gasteiger partial charge on any atom is 0.321 e. The van der Waals surface area contributed by atoms with Crippen molar-refractivity contribution in [1.29, 1.82) is 0 Å². The third kappa shape index (κ3) is 5.58. The van der Waals surface area contributed by atoms with Crippen LogP contribution < -0.4 is 20.7 Å². The molecule has 7 heteroatoms. The fraction of sp³-hybridized carbons (Fsp3) is 0.294. The molecule has 0 atom stereocenters. The Morgan fingerprint density at radius 2 is 2.08 bits per heavy atom. The number of carbonyl (C=O) groups is 2. The predicted octanol–water partition coefficient (Wildman–Crippen LogP) is 2.55. The number of hydrogen-bond acceptors (Lipinski definition) is 5. The minimum atomic E-state index is -0.491. The van der Waals surface area contributed by atoms with Crippen molar-refractivity contribution >= 4 is 29.0 Å². The molecule has 2 rings (SSSR count). The lowest BCUT2D eigenvalue weighted by molar-refractivity contribution is -0.118. The summed E-state index contributed by atoms with van der Waals surface area (Å²) in [5.74, 6) is 0.237. The molecule has 0 aliphatic carbocycles. The Hall–Kier alpha value is -2.54. The minimum absolute atomic E-state index is 0.0157. The van der Waals surface area contributed by atoms with Crippen molar-refractivity contribution in [2.75, 3.05) is 25.5 Å². The molecule has 1 aromatic heterocycles. The number of imide groups is 1. The van der Waals surface area contributed by atoms with E-state index in [0.717, 1.165) is 12.0 Å². The molecule has 1 heterocycles. The summed E-state index contributed by atoms with van der Waals surface area (Å²) in [6, 6.07) is 9.11. The summed E-state index contributed by atoms with van der Waals surface area (Å²) in [7, 11) is 1.57. The van der Waals surface area contributed by atoms with Gasteiger partial charge in [-0.15, -0.1) is 11.3 Å². The van der Waals surface area contributed by atoms with Crippen LogP contribution in [0.1, 0.15) is 10.4 Å². The van der Waals surface area contributed by atoms with E-state index in [1.807, 2.05) is 42.6 Å². The number of anilines is 1. The highest BCUT2D eigenvalue weighted by Gasteiger charge is 2.09. The Morgan fingerprint density at radius 1 is 1.25 bits per heavy atom. The lowest BCUT2D eigenvalue weighted by Gasteiger charge is -2.12. The van der Waals surface area contributed by atoms with Gasteiger partial charge in [-0.3, -0.25) is 10.1 Å². The molecule has 0 spiro atoms. The van der Waals surface area contributed by atoms with Crippen molar-refractivity contribution in [1.82, 2.24) is 10.6 Å². The molecule has 0 fully saturated rings. The maximum absolute atomic E-state index is 11.8. The molecule has 1 aromatic carbocycles. The molecular weight excluding hydrogens is 326 g/mol. The molecule has 0 aliphatic rings. The second-order valence-electron chi connectivity index (χ2n) is 5.19. The Labute approximate surface area is 145 Å². The second-order valence-corrected chi connectivity index (χ2v) is 6.22. The number of ether oxygens (including phenoxy) is 1. The smallest absolute Gasteiger partial charge is 0.321 e. The van der Waals surface area contributed by atoms with Crippen LogP contribution in [0.3, 0.4) is 0 Å². The molecule has 0 aliphatic heterocycles. The molecule has 0 radical (unpaired) electrons. The van der Waals surface area contributed by atoms with Crippen LogP contribution in [-0.2, 0) is 11.2 Å². The molecule has 6 nitrogen and oxygen atoms in total. The fourth-order valence-corrected chi connectivity index (χ4v) is 2.81. The number of methoxy groups -OCH3 is 1. The summed E-state index contributed by atoms with van der Waals surface area (Å²) in [5.41, 5.74) is 1.76. The topological polar surface area (TPSA) is 79.5 Å². The summed E-state index contributed by atoms with van der Waals surface area (Å²) in [6.07, 6.45) is 0.748. The average Bonchev–Trinajstić information content (AvgIpc) is 3.06. The first-order chi connectivity index (χ1) is 11.6. The van der Waals surface area contributed by atoms with Crippen LogP contribution in [0.5, 0.6) is 5.75 Å². The van der Waals surface area contributed by atoms with Gasteiger partial charge >= 0.3 is 6.03 Å². The van der Waals surface area contributed by atoms with Gasteiger partial charge < -0.3 is 15.4 Å². The molecular formula is C17H21N3O3S. The van der Waals surface area contributed by atoms with Gasteiger partial charge in [0.15, 0.2) is 0 Å². The number of benzene rings is 1. The number of carbonyl (C=O) groups excluding carboxylic acids is 2. The van der Waals surface area contributed by atoms with Gasteiger partial charge in [-0.05, 0) is 42.5 Å². The Morgan fingerprint density at radius 3 is 2.79 bits per heavy atom. The minimum Gasteiger partial charge on any atom is -0.495 e. The first kappa shape index (κ1) is 17.8. The van der Waals surface area contributed by atoms with E-state index in [1.165, 1.54) is 4.88 Å². The van der Waals surface area contributed by atoms with Crippen molar-refractivity contribution in [3.05, 3.63) is 46.2 Å². The normalized spacial score (nSPS) is 10.1. The number of thiophene rings is 1. The van der Waals surface area contributed by atoms with Crippen molar-refractivity contribution < 1.29 is 14.3 Å². The first-order valence-corrected chi connectivity index (χ1v) is 8.45. The molecule has 3 amide bonds. The zero-order valence-electron chi connectivity index (χ0n) is 13.7. The molecule has 0 saturated carbocycles. The Bertz CT molecular complexity index is 686. The van der Waals surface area contributed by atoms with Crippen LogP contribution in [-0.4, -0.2) is 32.1 Å². The monoisotopic (exact) mass is 347 g/mol. The van der Waals surface area contributed by atoms with Crippen molar-refractivity contribution in [2.45, 2.75) is 13.3 Å². The number of urea groups is 1. The number of amides is 3. The van der Waals surface area contributed by atoms with Gasteiger partial charge in [0, 0.05) is 11.4 Å². The molecule has 0 unspecified atom stereocenters. The van der Waals surface area contributed by atoms with Crippen molar-refractivity contribution in [3.63, 3.8) is 0 Å². The van der Waals surface area contributed by atoms with Crippen LogP contribution in [0.25, 0.3) is 0 Å². The number of hydrogen-bond donors (Lipinski definition) is 3. The van der Waals surface area contributed by atoms with Crippen LogP contribution in [0.2, 0.25) is 0 Å². The van der Waals surface area contributed by atoms with Crippen LogP contribution in [0.4, 0.5) is 10.5 Å². The Kier molecular flexibility index (Phi) is 6.62. The van der Waals surface area contributed by atoms with Crippen molar-refractivity contribution in [2.24, 2.45) is 0 Å². The second kappa shape index (κ2) is 8.93. The highest BCUT2D eigenvalue weighted by Crippen LogP contribution is 2.24. The number of rotatable bonds is 7. The Balaban J connectivity index is 1.72. The van der Waals surface area contributed by atoms with Crippen LogP contribution >= 0.6 is 11.3 Å². The number of aryl methyl sites for hydroxylation is 1. The fourth-order valence-electron chi connectivity index (χ4n) is 2.10. The van der Waals surface area contributed by atoms with E-state index in [1.54, 1.807) is 18.4 Å². The molecule has 3 N–H and O–H groups in total. The van der Waals surface area contributed by atoms with E-state index in [2.05, 4.69) is 16.0 Å². The van der Waals surface area contributed by atoms with E-state index in [-0.39, 0.29) is 6.54 Å². The van der Waals surface area contributed by atoms with E-state index >= 15 is 0 Å². The van der Waals surface area contributed by atoms with E-state index in [4.69, 9.17) is 4.74 Å². The molecule has 2 aromatic rings. The molecule has 24 heavy (non-hydrogen) atoms. The molecule has 0 bridgehead atoms. The summed E-state index contributed by atoms with van der Waals surface area (Å²) in [4.78, 5) is 24.7. The van der Waals surface area contributed by atoms with Gasteiger partial charge in [0.05, 0.1) is 19.3 Å². The third-order valence-corrected chi connectivity index (χ3v) is 4.22. The van der Waals surface area contributed by atoms with E-state index < -0.39 is 11.9 Å². The average molecular weight is 347 g/mol. The first-order valence-electron chi connectivity index (χ1n) is 7.57. The van der Waals surface area contributed by atoms with Gasteiger partial charge in [0.1, 0.15) is 5.75 Å². The maximum atomic E-state index is 11.8. The van der Waals surface area contributed by atoms with Gasteiger partial charge in [0.2, 0.25) is 5.91 Å². The van der Waals surface area contributed by atoms with Crippen LogP contribution in [0.15, 0.2) is 35.7 Å². The quantitative estimate of drug-likeness (QED) is 0.719. The lowest BCUT2D eigenvalue weighted by atomic mass is 10.2. The number of nitrogens with one attached hydrogen (secondary N) is 3. The third-order valence-electron chi connectivity index (χ3n) is 3.28. The van der Waals surface area contributed by atoms with E-state index in [9.17, 15) is 9.59 Å². The standard InChI is InChI=1S/C17H21N3O3S/c1-12-5-6-15(23-2)14(10-12)19-11-16(21)20-17(22)18-8-7-13-4-3-9-24-13/h3-6,9-10,19H,7-8,11H2,1-2H3,(H2,18,20,21,22). The van der Waals surface area contributed by atoms with Crippen LogP contribution in [0, 0.1) is 6.92 Å².